The summed E-state index contributed by atoms with van der Waals surface area (Å²) in [6.45, 7) is 9.88. The molecule has 0 saturated carbocycles. The van der Waals surface area contributed by atoms with Gasteiger partial charge in [0.2, 0.25) is 0 Å². The Morgan fingerprint density at radius 3 is 2.72 bits per heavy atom. The van der Waals surface area contributed by atoms with E-state index in [0.29, 0.717) is 19.0 Å². The van der Waals surface area contributed by atoms with Crippen LogP contribution in [-0.4, -0.2) is 77.7 Å². The fourth-order valence-electron chi connectivity index (χ4n) is 3.27. The van der Waals surface area contributed by atoms with Gasteiger partial charge in [-0.25, -0.2) is 9.38 Å². The smallest absolute Gasteiger partial charge is 0.191 e. The van der Waals surface area contributed by atoms with Crippen LogP contribution in [0.4, 0.5) is 4.39 Å². The SMILES string of the molecule is CCC(CNC(=NCc1nnc(C)n1C)NCCN1CCOCC1)Oc1ccccc1F. The van der Waals surface area contributed by atoms with Crippen molar-refractivity contribution in [3.63, 3.8) is 0 Å². The summed E-state index contributed by atoms with van der Waals surface area (Å²) in [5.74, 6) is 2.19. The number of aliphatic imine (C=N–C) groups is 1. The van der Waals surface area contributed by atoms with Crippen molar-refractivity contribution < 1.29 is 13.9 Å². The summed E-state index contributed by atoms with van der Waals surface area (Å²) in [6.07, 6.45) is 0.528. The van der Waals surface area contributed by atoms with Gasteiger partial charge in [0.1, 0.15) is 18.5 Å². The van der Waals surface area contributed by atoms with Gasteiger partial charge in [0.25, 0.3) is 0 Å². The van der Waals surface area contributed by atoms with Gasteiger partial charge in [0.15, 0.2) is 23.4 Å². The third-order valence-corrected chi connectivity index (χ3v) is 5.47. The van der Waals surface area contributed by atoms with Crippen molar-refractivity contribution in [3.05, 3.63) is 41.7 Å². The largest absolute Gasteiger partial charge is 0.486 e. The monoisotopic (exact) mass is 447 g/mol. The highest BCUT2D eigenvalue weighted by Gasteiger charge is 2.14. The predicted molar refractivity (Wildman–Crippen MR) is 121 cm³/mol. The molecule has 1 aromatic heterocycles. The molecule has 0 bridgehead atoms. The van der Waals surface area contributed by atoms with Crippen molar-refractivity contribution in [3.8, 4) is 5.75 Å². The maximum atomic E-state index is 14.0. The van der Waals surface area contributed by atoms with E-state index in [1.165, 1.54) is 6.07 Å². The minimum Gasteiger partial charge on any atom is -0.486 e. The number of morpholine rings is 1. The number of nitrogens with one attached hydrogen (secondary N) is 2. The number of ether oxygens (including phenoxy) is 2. The summed E-state index contributed by atoms with van der Waals surface area (Å²) in [5.41, 5.74) is 0. The number of hydrogen-bond donors (Lipinski definition) is 2. The lowest BCUT2D eigenvalue weighted by Crippen LogP contribution is -2.46. The molecule has 1 aliphatic heterocycles. The molecule has 2 N–H and O–H groups in total. The fraction of sp³-hybridized carbons (Fsp3) is 0.591. The van der Waals surface area contributed by atoms with Crippen molar-refractivity contribution in [2.75, 3.05) is 45.9 Å². The van der Waals surface area contributed by atoms with Gasteiger partial charge in [0.05, 0.1) is 19.8 Å². The molecule has 9 nitrogen and oxygen atoms in total. The number of para-hydroxylation sites is 1. The number of halogens is 1. The minimum absolute atomic E-state index is 0.199. The van der Waals surface area contributed by atoms with Crippen LogP contribution in [0.1, 0.15) is 25.0 Å². The zero-order valence-corrected chi connectivity index (χ0v) is 19.2. The van der Waals surface area contributed by atoms with Crippen LogP contribution < -0.4 is 15.4 Å². The molecule has 1 fully saturated rings. The molecule has 0 radical (unpaired) electrons. The molecule has 1 saturated heterocycles. The molecule has 1 atom stereocenters. The zero-order chi connectivity index (χ0) is 22.8. The van der Waals surface area contributed by atoms with E-state index in [1.54, 1.807) is 18.2 Å². The highest BCUT2D eigenvalue weighted by molar-refractivity contribution is 5.79. The number of aromatic nitrogens is 3. The van der Waals surface area contributed by atoms with Crippen LogP contribution >= 0.6 is 0 Å². The summed E-state index contributed by atoms with van der Waals surface area (Å²) >= 11 is 0. The molecule has 0 aliphatic carbocycles. The van der Waals surface area contributed by atoms with Crippen LogP contribution in [0.5, 0.6) is 5.75 Å². The number of benzene rings is 1. The van der Waals surface area contributed by atoms with Crippen LogP contribution in [0.15, 0.2) is 29.3 Å². The Labute approximate surface area is 189 Å². The predicted octanol–water partition coefficient (Wildman–Crippen LogP) is 1.49. The Bertz CT molecular complexity index is 868. The van der Waals surface area contributed by atoms with Crippen LogP contribution in [-0.2, 0) is 18.3 Å². The molecule has 176 valence electrons. The van der Waals surface area contributed by atoms with E-state index in [9.17, 15) is 4.39 Å². The van der Waals surface area contributed by atoms with Crippen molar-refractivity contribution in [1.82, 2.24) is 30.3 Å². The first-order valence-corrected chi connectivity index (χ1v) is 11.1. The summed E-state index contributed by atoms with van der Waals surface area (Å²) in [7, 11) is 1.93. The van der Waals surface area contributed by atoms with Crippen molar-refractivity contribution in [2.24, 2.45) is 12.0 Å². The normalized spacial score (nSPS) is 16.1. The van der Waals surface area contributed by atoms with Gasteiger partial charge >= 0.3 is 0 Å². The van der Waals surface area contributed by atoms with E-state index >= 15 is 0 Å². The molecule has 32 heavy (non-hydrogen) atoms. The molecule has 2 heterocycles. The first-order chi connectivity index (χ1) is 15.6. The quantitative estimate of drug-likeness (QED) is 0.421. The van der Waals surface area contributed by atoms with Gasteiger partial charge in [-0.15, -0.1) is 10.2 Å². The molecule has 10 heteroatoms. The number of nitrogens with zero attached hydrogens (tertiary/aromatic N) is 5. The lowest BCUT2D eigenvalue weighted by molar-refractivity contribution is 0.0389. The summed E-state index contributed by atoms with van der Waals surface area (Å²) in [5, 5.41) is 15.0. The maximum Gasteiger partial charge on any atom is 0.191 e. The maximum absolute atomic E-state index is 14.0. The minimum atomic E-state index is -0.360. The molecule has 1 aliphatic rings. The van der Waals surface area contributed by atoms with E-state index in [2.05, 4.69) is 30.7 Å². The lowest BCUT2D eigenvalue weighted by Gasteiger charge is -2.27. The van der Waals surface area contributed by atoms with E-state index in [-0.39, 0.29) is 17.7 Å². The topological polar surface area (TPSA) is 88.8 Å². The number of rotatable bonds is 10. The van der Waals surface area contributed by atoms with E-state index in [4.69, 9.17) is 9.47 Å². The van der Waals surface area contributed by atoms with Crippen molar-refractivity contribution in [2.45, 2.75) is 32.9 Å². The van der Waals surface area contributed by atoms with E-state index < -0.39 is 0 Å². The third kappa shape index (κ3) is 7.16. The molecule has 0 amide bonds. The second-order valence-corrected chi connectivity index (χ2v) is 7.73. The van der Waals surface area contributed by atoms with Crippen LogP contribution in [0, 0.1) is 12.7 Å². The third-order valence-electron chi connectivity index (χ3n) is 5.47. The van der Waals surface area contributed by atoms with E-state index in [0.717, 1.165) is 57.5 Å². The first-order valence-electron chi connectivity index (χ1n) is 11.1. The summed E-state index contributed by atoms with van der Waals surface area (Å²) in [6, 6.07) is 6.46. The number of guanidine groups is 1. The fourth-order valence-corrected chi connectivity index (χ4v) is 3.27. The Balaban J connectivity index is 1.58. The van der Waals surface area contributed by atoms with Gasteiger partial charge < -0.3 is 24.7 Å². The molecule has 1 aromatic carbocycles. The first kappa shape index (κ1) is 23.9. The summed E-state index contributed by atoms with van der Waals surface area (Å²) < 4.78 is 27.2. The number of aryl methyl sites for hydroxylation is 1. The van der Waals surface area contributed by atoms with Crippen LogP contribution in [0.25, 0.3) is 0 Å². The lowest BCUT2D eigenvalue weighted by atomic mass is 10.2. The molecule has 2 aromatic rings. The molecular formula is C22H34FN7O2. The van der Waals surface area contributed by atoms with Gasteiger partial charge in [0, 0.05) is 33.2 Å². The zero-order valence-electron chi connectivity index (χ0n) is 19.2. The van der Waals surface area contributed by atoms with Crippen molar-refractivity contribution in [1.29, 1.82) is 0 Å². The van der Waals surface area contributed by atoms with Crippen molar-refractivity contribution >= 4 is 5.96 Å². The van der Waals surface area contributed by atoms with Gasteiger partial charge in [-0.05, 0) is 25.5 Å². The Hall–Kier alpha value is -2.72. The number of hydrogen-bond acceptors (Lipinski definition) is 6. The highest BCUT2D eigenvalue weighted by atomic mass is 19.1. The van der Waals surface area contributed by atoms with Gasteiger partial charge in [-0.2, -0.15) is 0 Å². The van der Waals surface area contributed by atoms with Crippen LogP contribution in [0.2, 0.25) is 0 Å². The van der Waals surface area contributed by atoms with Gasteiger partial charge in [-0.3, -0.25) is 4.90 Å². The molecule has 1 unspecified atom stereocenters. The van der Waals surface area contributed by atoms with Crippen LogP contribution in [0.3, 0.4) is 0 Å². The Kier molecular flexibility index (Phi) is 9.24. The average Bonchev–Trinajstić information content (AvgIpc) is 3.13. The van der Waals surface area contributed by atoms with Gasteiger partial charge in [-0.1, -0.05) is 19.1 Å². The second-order valence-electron chi connectivity index (χ2n) is 7.73. The Morgan fingerprint density at radius 2 is 2.03 bits per heavy atom. The molecule has 3 rings (SSSR count). The second kappa shape index (κ2) is 12.4. The molecule has 0 spiro atoms. The Morgan fingerprint density at radius 1 is 1.25 bits per heavy atom. The average molecular weight is 448 g/mol. The molecular weight excluding hydrogens is 413 g/mol. The van der Waals surface area contributed by atoms with E-state index in [1.807, 2.05) is 25.5 Å². The highest BCUT2D eigenvalue weighted by Crippen LogP contribution is 2.17. The summed E-state index contributed by atoms with van der Waals surface area (Å²) in [4.78, 5) is 7.04. The standard InChI is InChI=1S/C22H34FN7O2/c1-4-18(32-20-8-6-5-7-19(20)23)15-25-22(24-9-10-30-11-13-31-14-12-30)26-16-21-28-27-17(2)29(21)3/h5-8,18H,4,9-16H2,1-3H3,(H2,24,25,26).